The quantitative estimate of drug-likeness (QED) is 0.768. The summed E-state index contributed by atoms with van der Waals surface area (Å²) >= 11 is 0. The first-order valence-electron chi connectivity index (χ1n) is 5.47. The Balaban J connectivity index is 3.25. The van der Waals surface area contributed by atoms with Gasteiger partial charge in [0.05, 0.1) is 21.3 Å². The smallest absolute Gasteiger partial charge is 0.203 e. The molecule has 0 aliphatic rings. The Bertz CT molecular complexity index is 322. The van der Waals surface area contributed by atoms with Gasteiger partial charge < -0.3 is 14.2 Å². The molecule has 0 amide bonds. The van der Waals surface area contributed by atoms with Crippen LogP contribution < -0.4 is 14.2 Å². The predicted octanol–water partition coefficient (Wildman–Crippen LogP) is 3.23. The molecule has 0 spiro atoms. The fraction of sp³-hybridized carbons (Fsp3) is 0.538. The molecule has 3 heteroatoms. The molecule has 0 radical (unpaired) electrons. The molecule has 1 rings (SSSR count). The molecule has 0 saturated carbocycles. The third-order valence-electron chi connectivity index (χ3n) is 2.87. The van der Waals surface area contributed by atoms with Gasteiger partial charge in [-0.2, -0.15) is 0 Å². The first-order valence-corrected chi connectivity index (χ1v) is 5.47. The minimum Gasteiger partial charge on any atom is -0.493 e. The van der Waals surface area contributed by atoms with Crippen molar-refractivity contribution in [3.63, 3.8) is 0 Å². The van der Waals surface area contributed by atoms with Crippen molar-refractivity contribution >= 4 is 0 Å². The van der Waals surface area contributed by atoms with Gasteiger partial charge >= 0.3 is 0 Å². The van der Waals surface area contributed by atoms with Gasteiger partial charge in [-0.1, -0.05) is 13.8 Å². The minimum absolute atomic E-state index is 0.480. The van der Waals surface area contributed by atoms with E-state index in [1.165, 1.54) is 5.56 Å². The number of hydrogen-bond donors (Lipinski definition) is 0. The van der Waals surface area contributed by atoms with Crippen LogP contribution in [0.5, 0.6) is 17.2 Å². The average Bonchev–Trinajstić information content (AvgIpc) is 2.35. The van der Waals surface area contributed by atoms with Gasteiger partial charge in [0, 0.05) is 0 Å². The molecule has 0 unspecified atom stereocenters. The molecule has 16 heavy (non-hydrogen) atoms. The van der Waals surface area contributed by atoms with Gasteiger partial charge in [-0.05, 0) is 30.0 Å². The van der Waals surface area contributed by atoms with Crippen LogP contribution in [0.2, 0.25) is 0 Å². The van der Waals surface area contributed by atoms with Gasteiger partial charge in [-0.15, -0.1) is 0 Å². The zero-order chi connectivity index (χ0) is 12.1. The topological polar surface area (TPSA) is 27.7 Å². The van der Waals surface area contributed by atoms with Crippen LogP contribution in [0.4, 0.5) is 0 Å². The maximum absolute atomic E-state index is 5.31. The van der Waals surface area contributed by atoms with E-state index in [0.29, 0.717) is 11.7 Å². The van der Waals surface area contributed by atoms with E-state index in [1.54, 1.807) is 21.3 Å². The SMILES string of the molecule is CC[C@@H](C)c1cc(OC)c(OC)c(OC)c1. The summed E-state index contributed by atoms with van der Waals surface area (Å²) in [6.07, 6.45) is 1.08. The first-order chi connectivity index (χ1) is 7.67. The highest BCUT2D eigenvalue weighted by Crippen LogP contribution is 2.40. The number of rotatable bonds is 5. The standard InChI is InChI=1S/C13H20O3/c1-6-9(2)10-7-11(14-3)13(16-5)12(8-10)15-4/h7-9H,6H2,1-5H3/t9-/m1/s1. The van der Waals surface area contributed by atoms with Gasteiger partial charge in [-0.3, -0.25) is 0 Å². The molecule has 0 aliphatic carbocycles. The van der Waals surface area contributed by atoms with Gasteiger partial charge in [0.15, 0.2) is 11.5 Å². The van der Waals surface area contributed by atoms with Crippen molar-refractivity contribution in [3.05, 3.63) is 17.7 Å². The summed E-state index contributed by atoms with van der Waals surface area (Å²) in [5.41, 5.74) is 1.21. The van der Waals surface area contributed by atoms with Gasteiger partial charge in [-0.25, -0.2) is 0 Å². The Morgan fingerprint density at radius 3 is 1.81 bits per heavy atom. The lowest BCUT2D eigenvalue weighted by Crippen LogP contribution is -1.99. The lowest BCUT2D eigenvalue weighted by atomic mass is 9.98. The van der Waals surface area contributed by atoms with E-state index < -0.39 is 0 Å². The molecule has 0 N–H and O–H groups in total. The lowest BCUT2D eigenvalue weighted by molar-refractivity contribution is 0.323. The molecule has 1 atom stereocenters. The van der Waals surface area contributed by atoms with Crippen LogP contribution in [0.3, 0.4) is 0 Å². The molecule has 0 saturated heterocycles. The molecule has 0 fully saturated rings. The summed E-state index contributed by atoms with van der Waals surface area (Å²) in [4.78, 5) is 0. The zero-order valence-corrected chi connectivity index (χ0v) is 10.7. The molecule has 1 aromatic carbocycles. The number of hydrogen-bond acceptors (Lipinski definition) is 3. The van der Waals surface area contributed by atoms with Crippen molar-refractivity contribution in [1.82, 2.24) is 0 Å². The number of ether oxygens (including phenoxy) is 3. The van der Waals surface area contributed by atoms with Crippen LogP contribution in [0.25, 0.3) is 0 Å². The second-order valence-corrected chi connectivity index (χ2v) is 3.77. The third kappa shape index (κ3) is 2.40. The molecule has 0 aromatic heterocycles. The number of methoxy groups -OCH3 is 3. The lowest BCUT2D eigenvalue weighted by Gasteiger charge is -2.16. The molecular formula is C13H20O3. The summed E-state index contributed by atoms with van der Waals surface area (Å²) in [5, 5.41) is 0. The Morgan fingerprint density at radius 1 is 1.00 bits per heavy atom. The highest BCUT2D eigenvalue weighted by atomic mass is 16.5. The summed E-state index contributed by atoms with van der Waals surface area (Å²) in [5.74, 6) is 2.57. The Labute approximate surface area is 97.3 Å². The fourth-order valence-electron chi connectivity index (χ4n) is 1.62. The molecule has 1 aromatic rings. The largest absolute Gasteiger partial charge is 0.493 e. The second kappa shape index (κ2) is 5.64. The van der Waals surface area contributed by atoms with E-state index in [0.717, 1.165) is 17.9 Å². The molecule has 0 heterocycles. The molecule has 90 valence electrons. The summed E-state index contributed by atoms with van der Waals surface area (Å²) in [7, 11) is 4.89. The normalized spacial score (nSPS) is 12.1. The minimum atomic E-state index is 0.480. The van der Waals surface area contributed by atoms with Crippen molar-refractivity contribution in [2.45, 2.75) is 26.2 Å². The summed E-state index contributed by atoms with van der Waals surface area (Å²) in [6, 6.07) is 4.02. The van der Waals surface area contributed by atoms with Gasteiger partial charge in [0.1, 0.15) is 0 Å². The van der Waals surface area contributed by atoms with Gasteiger partial charge in [0.25, 0.3) is 0 Å². The second-order valence-electron chi connectivity index (χ2n) is 3.77. The molecule has 0 aliphatic heterocycles. The van der Waals surface area contributed by atoms with Crippen LogP contribution >= 0.6 is 0 Å². The third-order valence-corrected chi connectivity index (χ3v) is 2.87. The van der Waals surface area contributed by atoms with Crippen LogP contribution in [-0.4, -0.2) is 21.3 Å². The van der Waals surface area contributed by atoms with Crippen molar-refractivity contribution in [1.29, 1.82) is 0 Å². The fourth-order valence-corrected chi connectivity index (χ4v) is 1.62. The van der Waals surface area contributed by atoms with Crippen molar-refractivity contribution in [3.8, 4) is 17.2 Å². The van der Waals surface area contributed by atoms with E-state index in [2.05, 4.69) is 13.8 Å². The molecule has 0 bridgehead atoms. The van der Waals surface area contributed by atoms with Gasteiger partial charge in [0.2, 0.25) is 5.75 Å². The van der Waals surface area contributed by atoms with E-state index >= 15 is 0 Å². The predicted molar refractivity (Wildman–Crippen MR) is 64.8 cm³/mol. The van der Waals surface area contributed by atoms with Crippen LogP contribution in [-0.2, 0) is 0 Å². The zero-order valence-electron chi connectivity index (χ0n) is 10.7. The van der Waals surface area contributed by atoms with E-state index in [4.69, 9.17) is 14.2 Å². The summed E-state index contributed by atoms with van der Waals surface area (Å²) < 4.78 is 15.9. The van der Waals surface area contributed by atoms with Crippen molar-refractivity contribution in [2.75, 3.05) is 21.3 Å². The van der Waals surface area contributed by atoms with E-state index in [-0.39, 0.29) is 0 Å². The van der Waals surface area contributed by atoms with E-state index in [9.17, 15) is 0 Å². The highest BCUT2D eigenvalue weighted by Gasteiger charge is 2.15. The average molecular weight is 224 g/mol. The Kier molecular flexibility index (Phi) is 4.47. The highest BCUT2D eigenvalue weighted by molar-refractivity contribution is 5.54. The Hall–Kier alpha value is -1.38. The number of benzene rings is 1. The Morgan fingerprint density at radius 2 is 1.50 bits per heavy atom. The summed E-state index contributed by atoms with van der Waals surface area (Å²) in [6.45, 7) is 4.34. The molecule has 3 nitrogen and oxygen atoms in total. The first kappa shape index (κ1) is 12.7. The van der Waals surface area contributed by atoms with E-state index in [1.807, 2.05) is 12.1 Å². The van der Waals surface area contributed by atoms with Crippen LogP contribution in [0, 0.1) is 0 Å². The maximum atomic E-state index is 5.31. The monoisotopic (exact) mass is 224 g/mol. The maximum Gasteiger partial charge on any atom is 0.203 e. The van der Waals surface area contributed by atoms with Crippen LogP contribution in [0.15, 0.2) is 12.1 Å². The van der Waals surface area contributed by atoms with Crippen molar-refractivity contribution < 1.29 is 14.2 Å². The van der Waals surface area contributed by atoms with Crippen LogP contribution in [0.1, 0.15) is 31.7 Å². The van der Waals surface area contributed by atoms with Crippen molar-refractivity contribution in [2.24, 2.45) is 0 Å². The molecular weight excluding hydrogens is 204 g/mol.